The van der Waals surface area contributed by atoms with Crippen molar-refractivity contribution < 1.29 is 4.79 Å². The molecule has 1 aliphatic rings. The highest BCUT2D eigenvalue weighted by Crippen LogP contribution is 2.40. The normalized spacial score (nSPS) is 18.6. The monoisotopic (exact) mass is 226 g/mol. The molecule has 1 aliphatic carbocycles. The van der Waals surface area contributed by atoms with Gasteiger partial charge in [-0.05, 0) is 37.6 Å². The molecular weight excluding hydrogens is 200 g/mol. The van der Waals surface area contributed by atoms with Crippen molar-refractivity contribution in [3.05, 3.63) is 0 Å². The van der Waals surface area contributed by atoms with Gasteiger partial charge in [-0.3, -0.25) is 4.79 Å². The predicted molar refractivity (Wildman–Crippen MR) is 67.4 cm³/mol. The average Bonchev–Trinajstić information content (AvgIpc) is 2.77. The van der Waals surface area contributed by atoms with Gasteiger partial charge >= 0.3 is 0 Å². The fourth-order valence-electron chi connectivity index (χ4n) is 2.63. The third-order valence-corrected chi connectivity index (χ3v) is 3.95. The Balaban J connectivity index is 2.07. The van der Waals surface area contributed by atoms with E-state index in [1.807, 2.05) is 0 Å². The molecule has 3 nitrogen and oxygen atoms in total. The second kappa shape index (κ2) is 6.89. The molecule has 0 radical (unpaired) electrons. The number of nitrogens with one attached hydrogen (secondary N) is 2. The topological polar surface area (TPSA) is 41.1 Å². The summed E-state index contributed by atoms with van der Waals surface area (Å²) in [5.74, 6) is 0.146. The lowest BCUT2D eigenvalue weighted by Gasteiger charge is -2.27. The molecule has 1 saturated carbocycles. The molecule has 0 unspecified atom stereocenters. The number of rotatable bonds is 7. The van der Waals surface area contributed by atoms with E-state index in [4.69, 9.17) is 0 Å². The molecule has 0 bridgehead atoms. The van der Waals surface area contributed by atoms with Gasteiger partial charge < -0.3 is 10.6 Å². The zero-order chi connectivity index (χ0) is 11.9. The number of amides is 1. The Labute approximate surface area is 99.4 Å². The highest BCUT2D eigenvalue weighted by Gasteiger charge is 2.31. The van der Waals surface area contributed by atoms with Crippen LogP contribution in [0.3, 0.4) is 0 Å². The van der Waals surface area contributed by atoms with Gasteiger partial charge in [0.1, 0.15) is 0 Å². The number of hydrogen-bond donors (Lipinski definition) is 2. The van der Waals surface area contributed by atoms with Crippen LogP contribution in [-0.2, 0) is 4.79 Å². The van der Waals surface area contributed by atoms with Crippen LogP contribution in [0.25, 0.3) is 0 Å². The lowest BCUT2D eigenvalue weighted by molar-refractivity contribution is -0.120. The summed E-state index contributed by atoms with van der Waals surface area (Å²) in [6.45, 7) is 4.41. The van der Waals surface area contributed by atoms with E-state index in [9.17, 15) is 4.79 Å². The molecule has 0 aromatic carbocycles. The van der Waals surface area contributed by atoms with Crippen molar-refractivity contribution in [2.24, 2.45) is 5.41 Å². The first kappa shape index (κ1) is 13.5. The van der Waals surface area contributed by atoms with Crippen LogP contribution in [0, 0.1) is 5.41 Å². The molecular formula is C13H26N2O. The molecule has 0 aliphatic heterocycles. The maximum Gasteiger partial charge on any atom is 0.219 e. The predicted octanol–water partition coefficient (Wildman–Crippen LogP) is 2.07. The molecule has 0 heterocycles. The maximum atomic E-state index is 11.0. The van der Waals surface area contributed by atoms with E-state index in [1.54, 1.807) is 7.05 Å². The first-order chi connectivity index (χ1) is 7.72. The number of carbonyl (C=O) groups is 1. The largest absolute Gasteiger partial charge is 0.359 e. The summed E-state index contributed by atoms with van der Waals surface area (Å²) in [5.41, 5.74) is 0.563. The molecule has 0 spiro atoms. The Morgan fingerprint density at radius 3 is 2.56 bits per heavy atom. The van der Waals surface area contributed by atoms with Crippen LogP contribution < -0.4 is 10.6 Å². The number of carbonyl (C=O) groups excluding carboxylic acids is 1. The Hall–Kier alpha value is -0.570. The summed E-state index contributed by atoms with van der Waals surface area (Å²) in [4.78, 5) is 11.0. The minimum atomic E-state index is 0.146. The second-order valence-electron chi connectivity index (χ2n) is 5.01. The average molecular weight is 226 g/mol. The van der Waals surface area contributed by atoms with E-state index >= 15 is 0 Å². The highest BCUT2D eigenvalue weighted by molar-refractivity contribution is 5.75. The Bertz CT molecular complexity index is 210. The molecule has 94 valence electrons. The molecule has 16 heavy (non-hydrogen) atoms. The minimum Gasteiger partial charge on any atom is -0.359 e. The highest BCUT2D eigenvalue weighted by atomic mass is 16.1. The van der Waals surface area contributed by atoms with Gasteiger partial charge in [0.25, 0.3) is 0 Å². The summed E-state index contributed by atoms with van der Waals surface area (Å²) in [5, 5.41) is 6.17. The standard InChI is InChI=1S/C13H26N2O/c1-3-13(8-4-5-9-13)11-15-10-6-7-12(16)14-2/h15H,3-11H2,1-2H3,(H,14,16). The van der Waals surface area contributed by atoms with E-state index in [1.165, 1.54) is 32.1 Å². The van der Waals surface area contributed by atoms with Gasteiger partial charge in [-0.15, -0.1) is 0 Å². The molecule has 1 amide bonds. The van der Waals surface area contributed by atoms with Gasteiger partial charge in [0.15, 0.2) is 0 Å². The van der Waals surface area contributed by atoms with Gasteiger partial charge in [0.2, 0.25) is 5.91 Å². The zero-order valence-corrected chi connectivity index (χ0v) is 10.8. The fraction of sp³-hybridized carbons (Fsp3) is 0.923. The van der Waals surface area contributed by atoms with Gasteiger partial charge in [0, 0.05) is 20.0 Å². The molecule has 0 atom stereocenters. The number of hydrogen-bond acceptors (Lipinski definition) is 2. The Morgan fingerprint density at radius 1 is 1.31 bits per heavy atom. The third kappa shape index (κ3) is 4.12. The van der Waals surface area contributed by atoms with Crippen molar-refractivity contribution in [1.29, 1.82) is 0 Å². The maximum absolute atomic E-state index is 11.0. The van der Waals surface area contributed by atoms with Gasteiger partial charge in [-0.25, -0.2) is 0 Å². The third-order valence-electron chi connectivity index (χ3n) is 3.95. The molecule has 0 aromatic rings. The zero-order valence-electron chi connectivity index (χ0n) is 10.8. The van der Waals surface area contributed by atoms with Crippen molar-refractivity contribution in [3.63, 3.8) is 0 Å². The summed E-state index contributed by atoms with van der Waals surface area (Å²) in [6.07, 6.45) is 8.43. The van der Waals surface area contributed by atoms with Crippen molar-refractivity contribution in [1.82, 2.24) is 10.6 Å². The van der Waals surface area contributed by atoms with E-state index in [2.05, 4.69) is 17.6 Å². The van der Waals surface area contributed by atoms with Crippen LogP contribution in [0.2, 0.25) is 0 Å². The van der Waals surface area contributed by atoms with Crippen LogP contribution >= 0.6 is 0 Å². The molecule has 1 rings (SSSR count). The van der Waals surface area contributed by atoms with Crippen molar-refractivity contribution >= 4 is 5.91 Å². The SMILES string of the molecule is CCC1(CNCCCC(=O)NC)CCCC1. The summed E-state index contributed by atoms with van der Waals surface area (Å²) < 4.78 is 0. The van der Waals surface area contributed by atoms with Gasteiger partial charge in [-0.2, -0.15) is 0 Å². The quantitative estimate of drug-likeness (QED) is 0.653. The van der Waals surface area contributed by atoms with Crippen LogP contribution in [0.4, 0.5) is 0 Å². The molecule has 0 aromatic heterocycles. The van der Waals surface area contributed by atoms with E-state index in [0.29, 0.717) is 11.8 Å². The molecule has 1 fully saturated rings. The van der Waals surface area contributed by atoms with Crippen LogP contribution in [0.15, 0.2) is 0 Å². The van der Waals surface area contributed by atoms with Crippen molar-refractivity contribution in [3.8, 4) is 0 Å². The first-order valence-corrected chi connectivity index (χ1v) is 6.64. The summed E-state index contributed by atoms with van der Waals surface area (Å²) in [6, 6.07) is 0. The lowest BCUT2D eigenvalue weighted by Crippen LogP contribution is -2.32. The van der Waals surface area contributed by atoms with Crippen LogP contribution in [0.1, 0.15) is 51.9 Å². The second-order valence-corrected chi connectivity index (χ2v) is 5.01. The minimum absolute atomic E-state index is 0.146. The van der Waals surface area contributed by atoms with E-state index < -0.39 is 0 Å². The van der Waals surface area contributed by atoms with Gasteiger partial charge in [-0.1, -0.05) is 19.8 Å². The Kier molecular flexibility index (Phi) is 5.81. The molecule has 3 heteroatoms. The van der Waals surface area contributed by atoms with Crippen LogP contribution in [0.5, 0.6) is 0 Å². The van der Waals surface area contributed by atoms with E-state index in [0.717, 1.165) is 19.5 Å². The fourth-order valence-corrected chi connectivity index (χ4v) is 2.63. The molecule has 2 N–H and O–H groups in total. The smallest absolute Gasteiger partial charge is 0.219 e. The first-order valence-electron chi connectivity index (χ1n) is 6.64. The van der Waals surface area contributed by atoms with Crippen molar-refractivity contribution in [2.75, 3.05) is 20.1 Å². The van der Waals surface area contributed by atoms with E-state index in [-0.39, 0.29) is 5.91 Å². The van der Waals surface area contributed by atoms with Gasteiger partial charge in [0.05, 0.1) is 0 Å². The van der Waals surface area contributed by atoms with Crippen LogP contribution in [-0.4, -0.2) is 26.0 Å². The lowest BCUT2D eigenvalue weighted by atomic mass is 9.83. The molecule has 0 saturated heterocycles. The summed E-state index contributed by atoms with van der Waals surface area (Å²) in [7, 11) is 1.69. The Morgan fingerprint density at radius 2 is 2.00 bits per heavy atom. The van der Waals surface area contributed by atoms with Crippen molar-refractivity contribution in [2.45, 2.75) is 51.9 Å². The summed E-state index contributed by atoms with van der Waals surface area (Å²) >= 11 is 0.